The number of anilines is 1. The molecule has 140 valence electrons. The molecule has 0 aliphatic carbocycles. The summed E-state index contributed by atoms with van der Waals surface area (Å²) in [5.74, 6) is 1.46. The Bertz CT molecular complexity index is 970. The zero-order chi connectivity index (χ0) is 19.0. The number of rotatable bonds is 8. The van der Waals surface area contributed by atoms with E-state index in [1.807, 2.05) is 60.7 Å². The lowest BCUT2D eigenvalue weighted by molar-refractivity contribution is 0.602. The molecule has 6 nitrogen and oxygen atoms in total. The highest BCUT2D eigenvalue weighted by Gasteiger charge is 2.17. The standard InChI is InChI=1S/C22H22N6/c1-3-7-17(8-4-1)15-24-16-20(25-19-9-5-2-6-10-19)22-26-21(27-28-22)18-11-13-23-14-12-18/h1-14,20,24-25H,15-16H2,(H,26,27,28). The molecule has 2 aromatic carbocycles. The van der Waals surface area contributed by atoms with E-state index in [4.69, 9.17) is 4.98 Å². The number of hydrogen-bond acceptors (Lipinski definition) is 5. The van der Waals surface area contributed by atoms with E-state index in [1.165, 1.54) is 5.56 Å². The Balaban J connectivity index is 1.50. The molecule has 0 bridgehead atoms. The highest BCUT2D eigenvalue weighted by molar-refractivity contribution is 5.53. The molecule has 4 aromatic rings. The van der Waals surface area contributed by atoms with Gasteiger partial charge in [0, 0.05) is 36.7 Å². The van der Waals surface area contributed by atoms with Gasteiger partial charge in [-0.2, -0.15) is 5.10 Å². The maximum atomic E-state index is 4.71. The minimum absolute atomic E-state index is 0.0470. The van der Waals surface area contributed by atoms with Crippen molar-refractivity contribution in [2.75, 3.05) is 11.9 Å². The molecule has 3 N–H and O–H groups in total. The van der Waals surface area contributed by atoms with E-state index in [0.29, 0.717) is 12.4 Å². The van der Waals surface area contributed by atoms with Gasteiger partial charge in [-0.25, -0.2) is 4.98 Å². The van der Waals surface area contributed by atoms with Crippen LogP contribution in [0.3, 0.4) is 0 Å². The van der Waals surface area contributed by atoms with Crippen molar-refractivity contribution in [3.8, 4) is 11.4 Å². The van der Waals surface area contributed by atoms with E-state index in [2.05, 4.69) is 37.9 Å². The smallest absolute Gasteiger partial charge is 0.181 e. The second-order valence-corrected chi connectivity index (χ2v) is 6.46. The molecule has 0 fully saturated rings. The summed E-state index contributed by atoms with van der Waals surface area (Å²) in [7, 11) is 0. The van der Waals surface area contributed by atoms with Gasteiger partial charge in [-0.05, 0) is 29.8 Å². The number of nitrogens with zero attached hydrogens (tertiary/aromatic N) is 3. The Morgan fingerprint density at radius 2 is 1.57 bits per heavy atom. The molecule has 0 aliphatic heterocycles. The van der Waals surface area contributed by atoms with E-state index in [-0.39, 0.29) is 6.04 Å². The van der Waals surface area contributed by atoms with E-state index in [9.17, 15) is 0 Å². The summed E-state index contributed by atoms with van der Waals surface area (Å²) >= 11 is 0. The van der Waals surface area contributed by atoms with Crippen LogP contribution in [0.4, 0.5) is 5.69 Å². The molecule has 2 aromatic heterocycles. The first-order valence-corrected chi connectivity index (χ1v) is 9.27. The summed E-state index contributed by atoms with van der Waals surface area (Å²) < 4.78 is 0. The fourth-order valence-corrected chi connectivity index (χ4v) is 2.97. The molecule has 0 amide bonds. The van der Waals surface area contributed by atoms with Crippen LogP contribution in [0.15, 0.2) is 85.2 Å². The van der Waals surface area contributed by atoms with Crippen LogP contribution in [0.1, 0.15) is 17.4 Å². The number of benzene rings is 2. The van der Waals surface area contributed by atoms with Crippen molar-refractivity contribution in [2.45, 2.75) is 12.6 Å². The average Bonchev–Trinajstić information content (AvgIpc) is 3.25. The van der Waals surface area contributed by atoms with Crippen LogP contribution in [-0.4, -0.2) is 26.7 Å². The Labute approximate surface area is 164 Å². The number of nitrogens with one attached hydrogen (secondary N) is 3. The third-order valence-electron chi connectivity index (χ3n) is 4.41. The monoisotopic (exact) mass is 370 g/mol. The van der Waals surface area contributed by atoms with Gasteiger partial charge in [0.05, 0.1) is 6.04 Å². The molecule has 0 aliphatic rings. The summed E-state index contributed by atoms with van der Waals surface area (Å²) in [6, 6.07) is 24.2. The molecule has 0 radical (unpaired) electrons. The Hall–Kier alpha value is -3.51. The summed E-state index contributed by atoms with van der Waals surface area (Å²) in [4.78, 5) is 8.76. The van der Waals surface area contributed by atoms with Crippen molar-refractivity contribution in [2.24, 2.45) is 0 Å². The summed E-state index contributed by atoms with van der Waals surface area (Å²) in [6.07, 6.45) is 3.49. The maximum Gasteiger partial charge on any atom is 0.181 e. The molecular formula is C22H22N6. The molecule has 0 spiro atoms. The molecule has 28 heavy (non-hydrogen) atoms. The third kappa shape index (κ3) is 4.61. The SMILES string of the molecule is c1ccc(CNCC(Nc2ccccc2)c2nc(-c3ccncc3)n[nH]2)cc1. The van der Waals surface area contributed by atoms with Crippen LogP contribution in [0, 0.1) is 0 Å². The van der Waals surface area contributed by atoms with Gasteiger partial charge in [-0.1, -0.05) is 48.5 Å². The molecule has 4 rings (SSSR count). The molecule has 1 unspecified atom stereocenters. The van der Waals surface area contributed by atoms with Gasteiger partial charge in [0.1, 0.15) is 5.82 Å². The first-order chi connectivity index (χ1) is 13.9. The van der Waals surface area contributed by atoms with E-state index in [1.54, 1.807) is 12.4 Å². The van der Waals surface area contributed by atoms with Crippen LogP contribution in [-0.2, 0) is 6.54 Å². The van der Waals surface area contributed by atoms with E-state index >= 15 is 0 Å². The van der Waals surface area contributed by atoms with Crippen LogP contribution < -0.4 is 10.6 Å². The zero-order valence-corrected chi connectivity index (χ0v) is 15.4. The van der Waals surface area contributed by atoms with Crippen molar-refractivity contribution in [3.05, 3.63) is 96.6 Å². The molecule has 6 heteroatoms. The fraction of sp³-hybridized carbons (Fsp3) is 0.136. The lowest BCUT2D eigenvalue weighted by Gasteiger charge is -2.18. The number of hydrogen-bond donors (Lipinski definition) is 3. The van der Waals surface area contributed by atoms with Crippen LogP contribution in [0.2, 0.25) is 0 Å². The number of para-hydroxylation sites is 1. The first kappa shape index (κ1) is 17.9. The maximum absolute atomic E-state index is 4.71. The molecule has 2 heterocycles. The van der Waals surface area contributed by atoms with E-state index < -0.39 is 0 Å². The second-order valence-electron chi connectivity index (χ2n) is 6.46. The number of H-pyrrole nitrogens is 1. The third-order valence-corrected chi connectivity index (χ3v) is 4.41. The normalized spacial score (nSPS) is 11.9. The van der Waals surface area contributed by atoms with Crippen molar-refractivity contribution in [1.29, 1.82) is 0 Å². The van der Waals surface area contributed by atoms with Gasteiger partial charge in [0.25, 0.3) is 0 Å². The second kappa shape index (κ2) is 8.92. The summed E-state index contributed by atoms with van der Waals surface area (Å²) in [6.45, 7) is 1.49. The number of aromatic nitrogens is 4. The average molecular weight is 370 g/mol. The van der Waals surface area contributed by atoms with Gasteiger partial charge >= 0.3 is 0 Å². The highest BCUT2D eigenvalue weighted by atomic mass is 15.2. The Morgan fingerprint density at radius 3 is 2.32 bits per heavy atom. The van der Waals surface area contributed by atoms with Crippen LogP contribution in [0.25, 0.3) is 11.4 Å². The van der Waals surface area contributed by atoms with Gasteiger partial charge in [-0.15, -0.1) is 0 Å². The lowest BCUT2D eigenvalue weighted by Crippen LogP contribution is -2.27. The van der Waals surface area contributed by atoms with Crippen molar-refractivity contribution in [1.82, 2.24) is 25.5 Å². The topological polar surface area (TPSA) is 78.5 Å². The van der Waals surface area contributed by atoms with Crippen LogP contribution in [0.5, 0.6) is 0 Å². The Morgan fingerprint density at radius 1 is 0.857 bits per heavy atom. The zero-order valence-electron chi connectivity index (χ0n) is 15.4. The lowest BCUT2D eigenvalue weighted by atomic mass is 10.2. The van der Waals surface area contributed by atoms with Gasteiger partial charge in [0.15, 0.2) is 5.82 Å². The van der Waals surface area contributed by atoms with Crippen molar-refractivity contribution in [3.63, 3.8) is 0 Å². The predicted molar refractivity (Wildman–Crippen MR) is 111 cm³/mol. The largest absolute Gasteiger partial charge is 0.374 e. The first-order valence-electron chi connectivity index (χ1n) is 9.27. The summed E-state index contributed by atoms with van der Waals surface area (Å²) in [5.41, 5.74) is 3.22. The van der Waals surface area contributed by atoms with Crippen LogP contribution >= 0.6 is 0 Å². The Kier molecular flexibility index (Phi) is 5.70. The fourth-order valence-electron chi connectivity index (χ4n) is 2.97. The molecule has 0 saturated heterocycles. The van der Waals surface area contributed by atoms with E-state index in [0.717, 1.165) is 23.6 Å². The molecular weight excluding hydrogens is 348 g/mol. The minimum atomic E-state index is -0.0470. The van der Waals surface area contributed by atoms with Gasteiger partial charge in [-0.3, -0.25) is 10.1 Å². The van der Waals surface area contributed by atoms with Gasteiger partial charge in [0.2, 0.25) is 0 Å². The summed E-state index contributed by atoms with van der Waals surface area (Å²) in [5, 5.41) is 14.5. The van der Waals surface area contributed by atoms with Crippen molar-refractivity contribution < 1.29 is 0 Å². The quantitative estimate of drug-likeness (QED) is 0.440. The molecule has 0 saturated carbocycles. The minimum Gasteiger partial charge on any atom is -0.374 e. The molecule has 1 atom stereocenters. The predicted octanol–water partition coefficient (Wildman–Crippen LogP) is 3.81. The van der Waals surface area contributed by atoms with Gasteiger partial charge < -0.3 is 10.6 Å². The number of pyridine rings is 1. The number of aromatic amines is 1. The highest BCUT2D eigenvalue weighted by Crippen LogP contribution is 2.19. The van der Waals surface area contributed by atoms with Crippen molar-refractivity contribution >= 4 is 5.69 Å².